The lowest BCUT2D eigenvalue weighted by atomic mass is 10.0. The van der Waals surface area contributed by atoms with Crippen molar-refractivity contribution in [2.45, 2.75) is 37.9 Å². The van der Waals surface area contributed by atoms with E-state index in [9.17, 15) is 18.0 Å². The standard InChI is InChI=1S/C11H13F3N4OS/c12-11(13,14)6-8-17-18-10(20-8)16-9(19)15-7-4-2-1-3-5-7/h1-2,7H,3-6H2,(H2,15,16,18,19). The van der Waals surface area contributed by atoms with Crippen molar-refractivity contribution >= 4 is 22.5 Å². The van der Waals surface area contributed by atoms with Crippen LogP contribution in [0.15, 0.2) is 12.2 Å². The van der Waals surface area contributed by atoms with Gasteiger partial charge in [-0.3, -0.25) is 5.32 Å². The van der Waals surface area contributed by atoms with Crippen molar-refractivity contribution in [3.05, 3.63) is 17.2 Å². The number of urea groups is 1. The first-order valence-electron chi connectivity index (χ1n) is 6.04. The second kappa shape index (κ2) is 6.21. The number of halogens is 3. The lowest BCUT2D eigenvalue weighted by Crippen LogP contribution is -2.38. The van der Waals surface area contributed by atoms with Crippen molar-refractivity contribution in [2.24, 2.45) is 0 Å². The van der Waals surface area contributed by atoms with Gasteiger partial charge in [-0.15, -0.1) is 10.2 Å². The van der Waals surface area contributed by atoms with Crippen molar-refractivity contribution in [3.8, 4) is 0 Å². The molecular formula is C11H13F3N4OS. The molecule has 1 aliphatic carbocycles. The molecule has 2 rings (SSSR count). The van der Waals surface area contributed by atoms with Gasteiger partial charge >= 0.3 is 12.2 Å². The molecule has 5 nitrogen and oxygen atoms in total. The molecule has 0 bridgehead atoms. The van der Waals surface area contributed by atoms with Gasteiger partial charge in [-0.2, -0.15) is 13.2 Å². The summed E-state index contributed by atoms with van der Waals surface area (Å²) in [6.45, 7) is 0. The molecule has 1 aliphatic rings. The SMILES string of the molecule is O=C(Nc1nnc(CC(F)(F)F)s1)NC1CC=CCC1. The van der Waals surface area contributed by atoms with Crippen molar-refractivity contribution in [3.63, 3.8) is 0 Å². The first kappa shape index (κ1) is 14.8. The fourth-order valence-electron chi connectivity index (χ4n) is 1.79. The summed E-state index contributed by atoms with van der Waals surface area (Å²) in [5.41, 5.74) is 0. The molecule has 20 heavy (non-hydrogen) atoms. The Hall–Kier alpha value is -1.64. The fourth-order valence-corrected chi connectivity index (χ4v) is 2.56. The van der Waals surface area contributed by atoms with Crippen LogP contribution in [0.3, 0.4) is 0 Å². The Bertz CT molecular complexity index is 500. The third-order valence-electron chi connectivity index (χ3n) is 2.64. The molecule has 0 spiro atoms. The highest BCUT2D eigenvalue weighted by Crippen LogP contribution is 2.25. The summed E-state index contributed by atoms with van der Waals surface area (Å²) < 4.78 is 36.5. The number of nitrogens with zero attached hydrogens (tertiary/aromatic N) is 2. The molecule has 1 aromatic rings. The van der Waals surface area contributed by atoms with E-state index in [0.29, 0.717) is 0 Å². The van der Waals surface area contributed by atoms with Gasteiger partial charge in [0.2, 0.25) is 5.13 Å². The molecule has 110 valence electrons. The lowest BCUT2D eigenvalue weighted by Gasteiger charge is -2.18. The van der Waals surface area contributed by atoms with Gasteiger partial charge in [0.05, 0.1) is 6.42 Å². The van der Waals surface area contributed by atoms with E-state index in [-0.39, 0.29) is 16.2 Å². The van der Waals surface area contributed by atoms with Crippen LogP contribution < -0.4 is 10.6 Å². The highest BCUT2D eigenvalue weighted by molar-refractivity contribution is 7.15. The third kappa shape index (κ3) is 4.80. The summed E-state index contributed by atoms with van der Waals surface area (Å²) in [4.78, 5) is 11.6. The number of alkyl halides is 3. The molecule has 0 fully saturated rings. The smallest absolute Gasteiger partial charge is 0.335 e. The van der Waals surface area contributed by atoms with Crippen molar-refractivity contribution in [1.29, 1.82) is 0 Å². The second-order valence-corrected chi connectivity index (χ2v) is 5.43. The molecule has 1 aromatic heterocycles. The van der Waals surface area contributed by atoms with Crippen molar-refractivity contribution in [2.75, 3.05) is 5.32 Å². The van der Waals surface area contributed by atoms with Gasteiger partial charge in [-0.25, -0.2) is 4.79 Å². The molecule has 0 aliphatic heterocycles. The third-order valence-corrected chi connectivity index (χ3v) is 3.48. The normalized spacial score (nSPS) is 18.9. The minimum atomic E-state index is -4.33. The van der Waals surface area contributed by atoms with Crippen LogP contribution >= 0.6 is 11.3 Å². The zero-order valence-corrected chi connectivity index (χ0v) is 11.2. The zero-order chi connectivity index (χ0) is 14.6. The molecule has 1 heterocycles. The molecular weight excluding hydrogens is 293 g/mol. The van der Waals surface area contributed by atoms with Gasteiger partial charge in [0.25, 0.3) is 0 Å². The number of rotatable bonds is 3. The zero-order valence-electron chi connectivity index (χ0n) is 10.4. The van der Waals surface area contributed by atoms with Crippen molar-refractivity contribution < 1.29 is 18.0 Å². The maximum atomic E-state index is 12.2. The molecule has 0 aromatic carbocycles. The van der Waals surface area contributed by atoms with Gasteiger partial charge < -0.3 is 5.32 Å². The highest BCUT2D eigenvalue weighted by atomic mass is 32.1. The Labute approximate surface area is 117 Å². The van der Waals surface area contributed by atoms with Crippen LogP contribution in [0.1, 0.15) is 24.3 Å². The number of carbonyl (C=O) groups is 1. The fraction of sp³-hybridized carbons (Fsp3) is 0.545. The van der Waals surface area contributed by atoms with E-state index in [1.165, 1.54) is 0 Å². The van der Waals surface area contributed by atoms with E-state index >= 15 is 0 Å². The number of aromatic nitrogens is 2. The molecule has 0 saturated carbocycles. The van der Waals surface area contributed by atoms with Crippen molar-refractivity contribution in [1.82, 2.24) is 15.5 Å². The maximum absolute atomic E-state index is 12.2. The summed E-state index contributed by atoms with van der Waals surface area (Å²) in [5.74, 6) is 0. The van der Waals surface area contributed by atoms with Crippen LogP contribution in [-0.4, -0.2) is 28.4 Å². The predicted molar refractivity (Wildman–Crippen MR) is 68.6 cm³/mol. The van der Waals surface area contributed by atoms with Crippen LogP contribution in [-0.2, 0) is 6.42 Å². The van der Waals surface area contributed by atoms with Crippen LogP contribution in [0.2, 0.25) is 0 Å². The Morgan fingerprint density at radius 3 is 2.85 bits per heavy atom. The minimum absolute atomic E-state index is 0.0440. The Morgan fingerprint density at radius 1 is 1.40 bits per heavy atom. The van der Waals surface area contributed by atoms with E-state index in [2.05, 4.69) is 20.8 Å². The molecule has 9 heteroatoms. The predicted octanol–water partition coefficient (Wildman–Crippen LogP) is 2.87. The Balaban J connectivity index is 1.83. The Kier molecular flexibility index (Phi) is 4.58. The summed E-state index contributed by atoms with van der Waals surface area (Å²) >= 11 is 0.722. The molecule has 0 radical (unpaired) electrons. The second-order valence-electron chi connectivity index (χ2n) is 4.37. The van der Waals surface area contributed by atoms with E-state index < -0.39 is 18.6 Å². The first-order valence-corrected chi connectivity index (χ1v) is 6.86. The van der Waals surface area contributed by atoms with Gasteiger partial charge in [0.1, 0.15) is 5.01 Å². The van der Waals surface area contributed by atoms with E-state index in [4.69, 9.17) is 0 Å². The van der Waals surface area contributed by atoms with Crippen LogP contribution in [0.25, 0.3) is 0 Å². The molecule has 2 amide bonds. The molecule has 1 unspecified atom stereocenters. The average Bonchev–Trinajstić information content (AvgIpc) is 2.75. The Morgan fingerprint density at radius 2 is 2.20 bits per heavy atom. The summed E-state index contributed by atoms with van der Waals surface area (Å²) in [6.07, 6.45) is 1.07. The van der Waals surface area contributed by atoms with Gasteiger partial charge in [-0.1, -0.05) is 23.5 Å². The van der Waals surface area contributed by atoms with E-state index in [0.717, 1.165) is 30.6 Å². The molecule has 1 atom stereocenters. The largest absolute Gasteiger partial charge is 0.395 e. The topological polar surface area (TPSA) is 66.9 Å². The average molecular weight is 306 g/mol. The van der Waals surface area contributed by atoms with Crippen LogP contribution in [0.4, 0.5) is 23.1 Å². The van der Waals surface area contributed by atoms with Gasteiger partial charge in [0.15, 0.2) is 0 Å². The molecule has 0 saturated heterocycles. The lowest BCUT2D eigenvalue weighted by molar-refractivity contribution is -0.127. The number of nitrogens with one attached hydrogen (secondary N) is 2. The molecule has 2 N–H and O–H groups in total. The monoisotopic (exact) mass is 306 g/mol. The summed E-state index contributed by atoms with van der Waals surface area (Å²) in [5, 5.41) is 11.9. The first-order chi connectivity index (χ1) is 9.42. The number of carbonyl (C=O) groups excluding carboxylic acids is 1. The van der Waals surface area contributed by atoms with E-state index in [1.807, 2.05) is 12.2 Å². The minimum Gasteiger partial charge on any atom is -0.335 e. The number of allylic oxidation sites excluding steroid dienone is 1. The number of amides is 2. The van der Waals surface area contributed by atoms with Crippen LogP contribution in [0.5, 0.6) is 0 Å². The highest BCUT2D eigenvalue weighted by Gasteiger charge is 2.30. The summed E-state index contributed by atoms with van der Waals surface area (Å²) in [7, 11) is 0. The quantitative estimate of drug-likeness (QED) is 0.844. The van der Waals surface area contributed by atoms with Crippen LogP contribution in [0, 0.1) is 0 Å². The van der Waals surface area contributed by atoms with E-state index in [1.54, 1.807) is 0 Å². The number of hydrogen-bond donors (Lipinski definition) is 2. The summed E-state index contributed by atoms with van der Waals surface area (Å²) in [6, 6.07) is -0.428. The number of anilines is 1. The van der Waals surface area contributed by atoms with Gasteiger partial charge in [-0.05, 0) is 19.3 Å². The van der Waals surface area contributed by atoms with Gasteiger partial charge in [0, 0.05) is 6.04 Å². The maximum Gasteiger partial charge on any atom is 0.395 e. The number of hydrogen-bond acceptors (Lipinski definition) is 4.